The Morgan fingerprint density at radius 1 is 1.13 bits per heavy atom. The van der Waals surface area contributed by atoms with Crippen molar-refractivity contribution in [2.24, 2.45) is 0 Å². The van der Waals surface area contributed by atoms with Crippen LogP contribution >= 0.6 is 11.3 Å². The third kappa shape index (κ3) is 5.37. The number of amides is 1. The lowest BCUT2D eigenvalue weighted by Crippen LogP contribution is -2.38. The standard InChI is InChI=1S/C21H23FN6OS/c1-14-10-25-21(30-14)27-20(29)13-28-8-6-15(7-9-28)18-4-3-17(12-23-18)26-19-5-2-16(22)11-24-19/h2-5,10-12,15H,6-9,13H2,1H3,(H,24,26)(H,25,27,29). The van der Waals surface area contributed by atoms with Crippen LogP contribution < -0.4 is 10.6 Å². The summed E-state index contributed by atoms with van der Waals surface area (Å²) in [4.78, 5) is 28.2. The van der Waals surface area contributed by atoms with E-state index in [1.807, 2.05) is 19.1 Å². The molecule has 0 aliphatic carbocycles. The molecule has 1 aliphatic heterocycles. The summed E-state index contributed by atoms with van der Waals surface area (Å²) in [5, 5.41) is 6.63. The van der Waals surface area contributed by atoms with E-state index >= 15 is 0 Å². The second kappa shape index (κ2) is 9.27. The Morgan fingerprint density at radius 2 is 1.97 bits per heavy atom. The van der Waals surface area contributed by atoms with Crippen molar-refractivity contribution in [1.82, 2.24) is 19.9 Å². The minimum absolute atomic E-state index is 0.0224. The van der Waals surface area contributed by atoms with Crippen LogP contribution in [0.5, 0.6) is 0 Å². The van der Waals surface area contributed by atoms with Crippen LogP contribution in [0.1, 0.15) is 29.3 Å². The summed E-state index contributed by atoms with van der Waals surface area (Å²) < 4.78 is 13.0. The van der Waals surface area contributed by atoms with Gasteiger partial charge in [0.15, 0.2) is 5.13 Å². The van der Waals surface area contributed by atoms with E-state index in [-0.39, 0.29) is 11.7 Å². The zero-order valence-corrected chi connectivity index (χ0v) is 17.5. The number of nitrogens with zero attached hydrogens (tertiary/aromatic N) is 4. The Kier molecular flexibility index (Phi) is 6.29. The maximum Gasteiger partial charge on any atom is 0.240 e. The molecule has 1 amide bonds. The largest absolute Gasteiger partial charge is 0.339 e. The molecule has 4 rings (SSSR count). The van der Waals surface area contributed by atoms with Crippen molar-refractivity contribution < 1.29 is 9.18 Å². The van der Waals surface area contributed by atoms with Gasteiger partial charge in [0, 0.05) is 22.7 Å². The fourth-order valence-electron chi connectivity index (χ4n) is 3.48. The van der Waals surface area contributed by atoms with Gasteiger partial charge >= 0.3 is 0 Å². The first kappa shape index (κ1) is 20.4. The number of pyridine rings is 2. The quantitative estimate of drug-likeness (QED) is 0.621. The molecule has 1 saturated heterocycles. The Labute approximate surface area is 178 Å². The molecule has 9 heteroatoms. The zero-order chi connectivity index (χ0) is 20.9. The Hall–Kier alpha value is -2.91. The van der Waals surface area contributed by atoms with Crippen molar-refractivity contribution in [3.05, 3.63) is 59.2 Å². The lowest BCUT2D eigenvalue weighted by Gasteiger charge is -2.31. The normalized spacial score (nSPS) is 15.1. The molecule has 1 fully saturated rings. The number of aromatic nitrogens is 3. The van der Waals surface area contributed by atoms with Gasteiger partial charge in [-0.05, 0) is 57.1 Å². The molecule has 0 aromatic carbocycles. The number of rotatable bonds is 6. The van der Waals surface area contributed by atoms with E-state index in [4.69, 9.17) is 0 Å². The molecular weight excluding hydrogens is 403 g/mol. The molecule has 0 atom stereocenters. The van der Waals surface area contributed by atoms with E-state index in [2.05, 4.69) is 30.5 Å². The fraction of sp³-hybridized carbons (Fsp3) is 0.333. The highest BCUT2D eigenvalue weighted by Gasteiger charge is 2.23. The van der Waals surface area contributed by atoms with Gasteiger partial charge in [-0.3, -0.25) is 14.7 Å². The minimum Gasteiger partial charge on any atom is -0.339 e. The second-order valence-corrected chi connectivity index (χ2v) is 8.57. The molecule has 30 heavy (non-hydrogen) atoms. The topological polar surface area (TPSA) is 83.0 Å². The second-order valence-electron chi connectivity index (χ2n) is 7.33. The van der Waals surface area contributed by atoms with Crippen molar-refractivity contribution in [2.45, 2.75) is 25.7 Å². The van der Waals surface area contributed by atoms with Gasteiger partial charge in [-0.15, -0.1) is 11.3 Å². The van der Waals surface area contributed by atoms with Gasteiger partial charge in [0.05, 0.1) is 24.6 Å². The average Bonchev–Trinajstić information content (AvgIpc) is 3.15. The van der Waals surface area contributed by atoms with Crippen LogP contribution in [-0.4, -0.2) is 45.4 Å². The predicted molar refractivity (Wildman–Crippen MR) is 116 cm³/mol. The van der Waals surface area contributed by atoms with Crippen LogP contribution in [0.3, 0.4) is 0 Å². The number of hydrogen-bond acceptors (Lipinski definition) is 7. The van der Waals surface area contributed by atoms with Gasteiger partial charge in [0.2, 0.25) is 5.91 Å². The zero-order valence-electron chi connectivity index (χ0n) is 16.6. The molecular formula is C21H23FN6OS. The first-order valence-corrected chi connectivity index (χ1v) is 10.7. The van der Waals surface area contributed by atoms with Gasteiger partial charge < -0.3 is 10.6 Å². The summed E-state index contributed by atoms with van der Waals surface area (Å²) in [6.45, 7) is 4.06. The minimum atomic E-state index is -0.365. The number of thiazole rings is 1. The molecule has 0 radical (unpaired) electrons. The van der Waals surface area contributed by atoms with E-state index in [1.54, 1.807) is 18.5 Å². The Bertz CT molecular complexity index is 983. The van der Waals surface area contributed by atoms with E-state index < -0.39 is 0 Å². The summed E-state index contributed by atoms with van der Waals surface area (Å²) in [6, 6.07) is 6.93. The van der Waals surface area contributed by atoms with Gasteiger partial charge in [0.1, 0.15) is 11.6 Å². The average molecular weight is 427 g/mol. The van der Waals surface area contributed by atoms with Crippen LogP contribution in [0.4, 0.5) is 21.0 Å². The summed E-state index contributed by atoms with van der Waals surface area (Å²) in [5.41, 5.74) is 1.86. The number of carbonyl (C=O) groups is 1. The highest BCUT2D eigenvalue weighted by molar-refractivity contribution is 7.15. The number of piperidine rings is 1. The van der Waals surface area contributed by atoms with Crippen LogP contribution in [0.2, 0.25) is 0 Å². The van der Waals surface area contributed by atoms with E-state index in [1.165, 1.54) is 23.6 Å². The van der Waals surface area contributed by atoms with Gasteiger partial charge in [-0.25, -0.2) is 14.4 Å². The number of likely N-dealkylation sites (tertiary alicyclic amines) is 1. The van der Waals surface area contributed by atoms with Crippen LogP contribution in [-0.2, 0) is 4.79 Å². The van der Waals surface area contributed by atoms with Crippen LogP contribution in [0.25, 0.3) is 0 Å². The molecule has 3 aromatic heterocycles. The molecule has 3 aromatic rings. The molecule has 7 nitrogen and oxygen atoms in total. The Morgan fingerprint density at radius 3 is 2.60 bits per heavy atom. The van der Waals surface area contributed by atoms with Gasteiger partial charge in [-0.1, -0.05) is 0 Å². The molecule has 0 spiro atoms. The lowest BCUT2D eigenvalue weighted by atomic mass is 9.93. The molecule has 1 aliphatic rings. The number of halogens is 1. The van der Waals surface area contributed by atoms with Crippen molar-refractivity contribution in [3.8, 4) is 0 Å². The van der Waals surface area contributed by atoms with E-state index in [0.717, 1.165) is 42.2 Å². The fourth-order valence-corrected chi connectivity index (χ4v) is 4.16. The number of aryl methyl sites for hydroxylation is 1. The highest BCUT2D eigenvalue weighted by atomic mass is 32.1. The maximum atomic E-state index is 13.0. The van der Waals surface area contributed by atoms with E-state index in [9.17, 15) is 9.18 Å². The molecule has 156 valence electrons. The monoisotopic (exact) mass is 426 g/mol. The smallest absolute Gasteiger partial charge is 0.240 e. The lowest BCUT2D eigenvalue weighted by molar-refractivity contribution is -0.117. The number of carbonyl (C=O) groups excluding carboxylic acids is 1. The Balaban J connectivity index is 1.25. The highest BCUT2D eigenvalue weighted by Crippen LogP contribution is 2.27. The summed E-state index contributed by atoms with van der Waals surface area (Å²) >= 11 is 1.48. The molecule has 2 N–H and O–H groups in total. The molecule has 4 heterocycles. The summed E-state index contributed by atoms with van der Waals surface area (Å²) in [6.07, 6.45) is 6.63. The van der Waals surface area contributed by atoms with Gasteiger partial charge in [0.25, 0.3) is 0 Å². The molecule has 0 saturated carbocycles. The first-order chi connectivity index (χ1) is 14.5. The third-order valence-electron chi connectivity index (χ3n) is 5.03. The maximum absolute atomic E-state index is 13.0. The summed E-state index contributed by atoms with van der Waals surface area (Å²) in [7, 11) is 0. The van der Waals surface area contributed by atoms with Gasteiger partial charge in [-0.2, -0.15) is 0 Å². The first-order valence-electron chi connectivity index (χ1n) is 9.84. The molecule has 0 unspecified atom stereocenters. The van der Waals surface area contributed by atoms with Crippen molar-refractivity contribution >= 4 is 33.9 Å². The number of hydrogen-bond donors (Lipinski definition) is 2. The number of nitrogens with one attached hydrogen (secondary N) is 2. The van der Waals surface area contributed by atoms with Crippen LogP contribution in [0.15, 0.2) is 42.9 Å². The predicted octanol–water partition coefficient (Wildman–Crippen LogP) is 3.94. The van der Waals surface area contributed by atoms with Crippen LogP contribution in [0, 0.1) is 12.7 Å². The van der Waals surface area contributed by atoms with Crippen molar-refractivity contribution in [2.75, 3.05) is 30.3 Å². The summed E-state index contributed by atoms with van der Waals surface area (Å²) in [5.74, 6) is 0.566. The van der Waals surface area contributed by atoms with Crippen molar-refractivity contribution in [3.63, 3.8) is 0 Å². The third-order valence-corrected chi connectivity index (χ3v) is 5.86. The molecule has 0 bridgehead atoms. The SMILES string of the molecule is Cc1cnc(NC(=O)CN2CCC(c3ccc(Nc4ccc(F)cn4)cn3)CC2)s1. The van der Waals surface area contributed by atoms with E-state index in [0.29, 0.717) is 23.4 Å². The van der Waals surface area contributed by atoms with Crippen molar-refractivity contribution in [1.29, 1.82) is 0 Å². The number of anilines is 3.